The van der Waals surface area contributed by atoms with Crippen molar-refractivity contribution in [3.8, 4) is 11.4 Å². The summed E-state index contributed by atoms with van der Waals surface area (Å²) in [6, 6.07) is 12.2. The van der Waals surface area contributed by atoms with E-state index in [4.69, 9.17) is 11.6 Å². The maximum absolute atomic E-state index is 11.2. The Morgan fingerprint density at radius 2 is 1.87 bits per heavy atom. The maximum atomic E-state index is 11.2. The van der Waals surface area contributed by atoms with Gasteiger partial charge < -0.3 is 10.3 Å². The Hall–Kier alpha value is -2.33. The minimum Gasteiger partial charge on any atom is -0.351 e. The third kappa shape index (κ3) is 3.37. The first kappa shape index (κ1) is 15.6. The van der Waals surface area contributed by atoms with Crippen molar-refractivity contribution in [1.29, 1.82) is 0 Å². The molecule has 0 saturated heterocycles. The largest absolute Gasteiger partial charge is 0.351 e. The van der Waals surface area contributed by atoms with Crippen LogP contribution in [0.25, 0.3) is 22.4 Å². The summed E-state index contributed by atoms with van der Waals surface area (Å²) >= 11 is 5.46. The number of alkyl halides is 1. The fraction of sp³-hybridized carbons (Fsp3) is 0.222. The number of benzene rings is 2. The summed E-state index contributed by atoms with van der Waals surface area (Å²) in [6.07, 6.45) is 0. The van der Waals surface area contributed by atoms with Crippen LogP contribution in [0, 0.1) is 13.8 Å². The van der Waals surface area contributed by atoms with Gasteiger partial charge >= 0.3 is 0 Å². The number of aromatic amines is 1. The molecule has 0 bridgehead atoms. The van der Waals surface area contributed by atoms with Gasteiger partial charge in [-0.3, -0.25) is 4.79 Å². The molecule has 0 fully saturated rings. The number of imidazole rings is 1. The highest BCUT2D eigenvalue weighted by Crippen LogP contribution is 2.23. The number of nitrogens with one attached hydrogen (secondary N) is 2. The van der Waals surface area contributed by atoms with Gasteiger partial charge in [-0.05, 0) is 42.7 Å². The second-order valence-corrected chi connectivity index (χ2v) is 5.91. The molecular formula is C18H18ClN3O. The van der Waals surface area contributed by atoms with Gasteiger partial charge in [0.25, 0.3) is 0 Å². The minimum absolute atomic E-state index is 0.0180. The first-order chi connectivity index (χ1) is 11.1. The molecule has 0 unspecified atom stereocenters. The lowest BCUT2D eigenvalue weighted by Gasteiger charge is -2.04. The van der Waals surface area contributed by atoms with Crippen LogP contribution in [-0.2, 0) is 11.3 Å². The van der Waals surface area contributed by atoms with Crippen LogP contribution in [0.15, 0.2) is 36.4 Å². The van der Waals surface area contributed by atoms with Crippen molar-refractivity contribution in [2.45, 2.75) is 20.4 Å². The quantitative estimate of drug-likeness (QED) is 0.718. The number of fused-ring (bicyclic) bond motifs is 1. The van der Waals surface area contributed by atoms with Gasteiger partial charge in [0.1, 0.15) is 11.7 Å². The highest BCUT2D eigenvalue weighted by molar-refractivity contribution is 6.27. The Labute approximate surface area is 139 Å². The summed E-state index contributed by atoms with van der Waals surface area (Å²) in [5.41, 5.74) is 6.54. The molecule has 0 atom stereocenters. The topological polar surface area (TPSA) is 57.8 Å². The highest BCUT2D eigenvalue weighted by Gasteiger charge is 2.07. The van der Waals surface area contributed by atoms with Gasteiger partial charge in [0.05, 0.1) is 11.0 Å². The zero-order valence-corrected chi connectivity index (χ0v) is 13.9. The smallest absolute Gasteiger partial charge is 0.235 e. The summed E-state index contributed by atoms with van der Waals surface area (Å²) in [4.78, 5) is 19.2. The summed E-state index contributed by atoms with van der Waals surface area (Å²) in [6.45, 7) is 4.66. The number of nitrogens with zero attached hydrogens (tertiary/aromatic N) is 1. The molecule has 0 aliphatic heterocycles. The molecule has 0 radical (unpaired) electrons. The Balaban J connectivity index is 1.83. The molecule has 1 heterocycles. The third-order valence-electron chi connectivity index (χ3n) is 3.94. The van der Waals surface area contributed by atoms with E-state index in [2.05, 4.69) is 41.3 Å². The first-order valence-electron chi connectivity index (χ1n) is 7.46. The molecule has 5 heteroatoms. The number of carbonyl (C=O) groups is 1. The van der Waals surface area contributed by atoms with Gasteiger partial charge in [0, 0.05) is 12.1 Å². The van der Waals surface area contributed by atoms with E-state index in [0.29, 0.717) is 6.54 Å². The second-order valence-electron chi connectivity index (χ2n) is 5.65. The SMILES string of the molecule is Cc1cc2nc(-c3ccc(CNC(=O)CCl)cc3)[nH]c2cc1C. The summed E-state index contributed by atoms with van der Waals surface area (Å²) in [7, 11) is 0. The van der Waals surface area contributed by atoms with E-state index in [0.717, 1.165) is 28.0 Å². The molecule has 3 aromatic rings. The van der Waals surface area contributed by atoms with Crippen LogP contribution in [0.4, 0.5) is 0 Å². The minimum atomic E-state index is -0.168. The van der Waals surface area contributed by atoms with E-state index in [1.807, 2.05) is 24.3 Å². The van der Waals surface area contributed by atoms with E-state index >= 15 is 0 Å². The predicted octanol–water partition coefficient (Wildman–Crippen LogP) is 3.70. The number of halogens is 1. The molecule has 1 aromatic heterocycles. The number of hydrogen-bond donors (Lipinski definition) is 2. The van der Waals surface area contributed by atoms with Crippen LogP contribution in [0.3, 0.4) is 0 Å². The zero-order valence-electron chi connectivity index (χ0n) is 13.1. The van der Waals surface area contributed by atoms with Crippen LogP contribution < -0.4 is 5.32 Å². The average Bonchev–Trinajstić information content (AvgIpc) is 2.96. The fourth-order valence-electron chi connectivity index (χ4n) is 2.43. The van der Waals surface area contributed by atoms with E-state index in [-0.39, 0.29) is 11.8 Å². The number of aryl methyl sites for hydroxylation is 2. The van der Waals surface area contributed by atoms with Crippen LogP contribution in [0.1, 0.15) is 16.7 Å². The summed E-state index contributed by atoms with van der Waals surface area (Å²) in [5, 5.41) is 2.75. The summed E-state index contributed by atoms with van der Waals surface area (Å²) in [5.74, 6) is 0.663. The molecule has 4 nitrogen and oxygen atoms in total. The van der Waals surface area contributed by atoms with Crippen molar-refractivity contribution in [2.75, 3.05) is 5.88 Å². The van der Waals surface area contributed by atoms with Crippen LogP contribution in [-0.4, -0.2) is 21.8 Å². The van der Waals surface area contributed by atoms with Gasteiger partial charge in [-0.1, -0.05) is 24.3 Å². The van der Waals surface area contributed by atoms with E-state index < -0.39 is 0 Å². The molecule has 118 valence electrons. The van der Waals surface area contributed by atoms with E-state index in [1.54, 1.807) is 0 Å². The summed E-state index contributed by atoms with van der Waals surface area (Å²) < 4.78 is 0. The number of H-pyrrole nitrogens is 1. The van der Waals surface area contributed by atoms with Crippen molar-refractivity contribution < 1.29 is 4.79 Å². The van der Waals surface area contributed by atoms with Crippen molar-refractivity contribution in [2.24, 2.45) is 0 Å². The maximum Gasteiger partial charge on any atom is 0.235 e. The molecule has 0 aliphatic carbocycles. The molecule has 3 rings (SSSR count). The van der Waals surface area contributed by atoms with Crippen LogP contribution in [0.2, 0.25) is 0 Å². The molecule has 0 aliphatic rings. The first-order valence-corrected chi connectivity index (χ1v) is 7.99. The molecule has 23 heavy (non-hydrogen) atoms. The third-order valence-corrected chi connectivity index (χ3v) is 4.18. The van der Waals surface area contributed by atoms with Crippen molar-refractivity contribution in [3.63, 3.8) is 0 Å². The van der Waals surface area contributed by atoms with E-state index in [1.165, 1.54) is 11.1 Å². The monoisotopic (exact) mass is 327 g/mol. The number of rotatable bonds is 4. The molecule has 0 saturated carbocycles. The lowest BCUT2D eigenvalue weighted by atomic mass is 10.1. The van der Waals surface area contributed by atoms with Crippen molar-refractivity contribution in [3.05, 3.63) is 53.1 Å². The normalized spacial score (nSPS) is 10.9. The zero-order chi connectivity index (χ0) is 16.4. The van der Waals surface area contributed by atoms with Gasteiger partial charge in [0.2, 0.25) is 5.91 Å². The second kappa shape index (κ2) is 6.42. The molecule has 2 N–H and O–H groups in total. The van der Waals surface area contributed by atoms with E-state index in [9.17, 15) is 4.79 Å². The standard InChI is InChI=1S/C18H18ClN3O/c1-11-7-15-16(8-12(11)2)22-18(21-15)14-5-3-13(4-6-14)10-20-17(23)9-19/h3-8H,9-10H2,1-2H3,(H,20,23)(H,21,22). The Morgan fingerprint density at radius 3 is 2.57 bits per heavy atom. The number of aromatic nitrogens is 2. The average molecular weight is 328 g/mol. The van der Waals surface area contributed by atoms with Gasteiger partial charge in [0.15, 0.2) is 0 Å². The van der Waals surface area contributed by atoms with Crippen molar-refractivity contribution in [1.82, 2.24) is 15.3 Å². The number of hydrogen-bond acceptors (Lipinski definition) is 2. The van der Waals surface area contributed by atoms with Crippen LogP contribution in [0.5, 0.6) is 0 Å². The number of amides is 1. The molecule has 1 amide bonds. The Kier molecular flexibility index (Phi) is 4.35. The van der Waals surface area contributed by atoms with Gasteiger partial charge in [-0.2, -0.15) is 0 Å². The predicted molar refractivity (Wildman–Crippen MR) is 93.6 cm³/mol. The Bertz CT molecular complexity index is 814. The molecular weight excluding hydrogens is 310 g/mol. The lowest BCUT2D eigenvalue weighted by Crippen LogP contribution is -2.23. The van der Waals surface area contributed by atoms with Gasteiger partial charge in [-0.15, -0.1) is 11.6 Å². The van der Waals surface area contributed by atoms with Crippen molar-refractivity contribution >= 4 is 28.5 Å². The highest BCUT2D eigenvalue weighted by atomic mass is 35.5. The lowest BCUT2D eigenvalue weighted by molar-refractivity contribution is -0.118. The fourth-order valence-corrected chi connectivity index (χ4v) is 2.53. The number of carbonyl (C=O) groups excluding carboxylic acids is 1. The Morgan fingerprint density at radius 1 is 1.17 bits per heavy atom. The van der Waals surface area contributed by atoms with Gasteiger partial charge in [-0.25, -0.2) is 4.98 Å². The van der Waals surface area contributed by atoms with Crippen LogP contribution >= 0.6 is 11.6 Å². The molecule has 2 aromatic carbocycles. The molecule has 0 spiro atoms.